The number of anilines is 2. The van der Waals surface area contributed by atoms with Crippen LogP contribution in [0, 0.1) is 0 Å². The lowest BCUT2D eigenvalue weighted by atomic mass is 10.0. The van der Waals surface area contributed by atoms with Gasteiger partial charge in [-0.3, -0.25) is 4.79 Å². The highest BCUT2D eigenvalue weighted by Crippen LogP contribution is 2.27. The second-order valence-electron chi connectivity index (χ2n) is 5.17. The van der Waals surface area contributed by atoms with Crippen molar-refractivity contribution in [3.05, 3.63) is 59.7 Å². The summed E-state index contributed by atoms with van der Waals surface area (Å²) in [6, 6.07) is 16.0. The monoisotopic (exact) mass is 266 g/mol. The average Bonchev–Trinajstić information content (AvgIpc) is 2.48. The first kappa shape index (κ1) is 12.7. The molecule has 3 heteroatoms. The van der Waals surface area contributed by atoms with Crippen LogP contribution in [0.25, 0.3) is 0 Å². The SMILES string of the molecule is Nc1ccc(CCN2C(=O)CCc3ccccc32)cc1. The van der Waals surface area contributed by atoms with Gasteiger partial charge in [0, 0.05) is 24.3 Å². The Labute approximate surface area is 119 Å². The van der Waals surface area contributed by atoms with Gasteiger partial charge in [0.15, 0.2) is 0 Å². The number of benzene rings is 2. The quantitative estimate of drug-likeness (QED) is 0.868. The molecule has 0 fully saturated rings. The summed E-state index contributed by atoms with van der Waals surface area (Å²) in [5, 5.41) is 0. The number of nitrogen functional groups attached to an aromatic ring is 1. The van der Waals surface area contributed by atoms with Crippen LogP contribution in [0.4, 0.5) is 11.4 Å². The Morgan fingerprint density at radius 1 is 1.00 bits per heavy atom. The van der Waals surface area contributed by atoms with Crippen LogP contribution in [0.15, 0.2) is 48.5 Å². The van der Waals surface area contributed by atoms with Crippen LogP contribution in [0.1, 0.15) is 17.5 Å². The molecule has 0 atom stereocenters. The fraction of sp³-hybridized carbons (Fsp3) is 0.235. The molecule has 1 aliphatic heterocycles. The molecule has 0 spiro atoms. The maximum atomic E-state index is 12.1. The maximum Gasteiger partial charge on any atom is 0.227 e. The molecule has 3 nitrogen and oxygen atoms in total. The highest BCUT2D eigenvalue weighted by molar-refractivity contribution is 5.96. The van der Waals surface area contributed by atoms with E-state index >= 15 is 0 Å². The molecule has 0 aliphatic carbocycles. The number of para-hydroxylation sites is 1. The van der Waals surface area contributed by atoms with E-state index in [1.165, 1.54) is 11.1 Å². The van der Waals surface area contributed by atoms with Gasteiger partial charge >= 0.3 is 0 Å². The van der Waals surface area contributed by atoms with Crippen LogP contribution in [0.2, 0.25) is 0 Å². The second-order valence-corrected chi connectivity index (χ2v) is 5.17. The van der Waals surface area contributed by atoms with Crippen LogP contribution >= 0.6 is 0 Å². The number of carbonyl (C=O) groups excluding carboxylic acids is 1. The Bertz CT molecular complexity index is 619. The fourth-order valence-corrected chi connectivity index (χ4v) is 2.67. The van der Waals surface area contributed by atoms with Crippen molar-refractivity contribution in [2.24, 2.45) is 0 Å². The third-order valence-corrected chi connectivity index (χ3v) is 3.80. The second kappa shape index (κ2) is 5.37. The number of hydrogen-bond donors (Lipinski definition) is 1. The Hall–Kier alpha value is -2.29. The van der Waals surface area contributed by atoms with Gasteiger partial charge in [-0.1, -0.05) is 30.3 Å². The Balaban J connectivity index is 1.76. The van der Waals surface area contributed by atoms with Crippen LogP contribution in [0.3, 0.4) is 0 Å². The summed E-state index contributed by atoms with van der Waals surface area (Å²) in [4.78, 5) is 14.1. The highest BCUT2D eigenvalue weighted by atomic mass is 16.2. The van der Waals surface area contributed by atoms with Crippen LogP contribution in [-0.2, 0) is 17.6 Å². The standard InChI is InChI=1S/C17H18N2O/c18-15-8-5-13(6-9-15)11-12-19-16-4-2-1-3-14(16)7-10-17(19)20/h1-6,8-9H,7,10-12,18H2. The van der Waals surface area contributed by atoms with Crippen LogP contribution < -0.4 is 10.6 Å². The van der Waals surface area contributed by atoms with Crippen molar-refractivity contribution in [2.45, 2.75) is 19.3 Å². The van der Waals surface area contributed by atoms with E-state index in [9.17, 15) is 4.79 Å². The molecule has 2 aromatic carbocycles. The molecule has 20 heavy (non-hydrogen) atoms. The number of rotatable bonds is 3. The van der Waals surface area contributed by atoms with Gasteiger partial charge in [-0.15, -0.1) is 0 Å². The van der Waals surface area contributed by atoms with E-state index in [1.807, 2.05) is 47.4 Å². The van der Waals surface area contributed by atoms with Gasteiger partial charge in [0.2, 0.25) is 5.91 Å². The summed E-state index contributed by atoms with van der Waals surface area (Å²) in [5.74, 6) is 0.221. The largest absolute Gasteiger partial charge is 0.399 e. The summed E-state index contributed by atoms with van der Waals surface area (Å²) >= 11 is 0. The van der Waals surface area contributed by atoms with E-state index in [0.29, 0.717) is 6.42 Å². The van der Waals surface area contributed by atoms with E-state index < -0.39 is 0 Å². The number of amides is 1. The average molecular weight is 266 g/mol. The molecule has 2 N–H and O–H groups in total. The Morgan fingerprint density at radius 3 is 2.55 bits per heavy atom. The van der Waals surface area contributed by atoms with E-state index in [-0.39, 0.29) is 5.91 Å². The van der Waals surface area contributed by atoms with Gasteiger partial charge in [0.1, 0.15) is 0 Å². The molecule has 1 amide bonds. The zero-order valence-electron chi connectivity index (χ0n) is 11.4. The van der Waals surface area contributed by atoms with Gasteiger partial charge in [0.05, 0.1) is 0 Å². The van der Waals surface area contributed by atoms with E-state index in [0.717, 1.165) is 30.8 Å². The molecule has 0 saturated heterocycles. The van der Waals surface area contributed by atoms with Crippen molar-refractivity contribution in [3.8, 4) is 0 Å². The molecule has 1 heterocycles. The topological polar surface area (TPSA) is 46.3 Å². The zero-order chi connectivity index (χ0) is 13.9. The maximum absolute atomic E-state index is 12.1. The van der Waals surface area contributed by atoms with Crippen LogP contribution in [0.5, 0.6) is 0 Å². The number of fused-ring (bicyclic) bond motifs is 1. The number of nitrogens with zero attached hydrogens (tertiary/aromatic N) is 1. The smallest absolute Gasteiger partial charge is 0.227 e. The Morgan fingerprint density at radius 2 is 1.75 bits per heavy atom. The van der Waals surface area contributed by atoms with Crippen molar-refractivity contribution >= 4 is 17.3 Å². The van der Waals surface area contributed by atoms with Crippen molar-refractivity contribution in [1.29, 1.82) is 0 Å². The lowest BCUT2D eigenvalue weighted by molar-refractivity contribution is -0.118. The molecule has 0 aromatic heterocycles. The van der Waals surface area contributed by atoms with Crippen molar-refractivity contribution in [2.75, 3.05) is 17.2 Å². The minimum absolute atomic E-state index is 0.221. The minimum Gasteiger partial charge on any atom is -0.399 e. The van der Waals surface area contributed by atoms with Crippen molar-refractivity contribution in [1.82, 2.24) is 0 Å². The highest BCUT2D eigenvalue weighted by Gasteiger charge is 2.23. The predicted octanol–water partition coefficient (Wildman–Crippen LogP) is 2.79. The lowest BCUT2D eigenvalue weighted by Gasteiger charge is -2.29. The summed E-state index contributed by atoms with van der Waals surface area (Å²) in [7, 11) is 0. The Kier molecular flexibility index (Phi) is 3.42. The van der Waals surface area contributed by atoms with E-state index in [2.05, 4.69) is 6.07 Å². The molecule has 102 valence electrons. The molecular formula is C17H18N2O. The van der Waals surface area contributed by atoms with Gasteiger partial charge in [-0.2, -0.15) is 0 Å². The summed E-state index contributed by atoms with van der Waals surface area (Å²) in [6.07, 6.45) is 2.31. The lowest BCUT2D eigenvalue weighted by Crippen LogP contribution is -2.36. The number of aryl methyl sites for hydroxylation is 1. The first-order valence-corrected chi connectivity index (χ1v) is 6.97. The van der Waals surface area contributed by atoms with Crippen molar-refractivity contribution < 1.29 is 4.79 Å². The number of hydrogen-bond acceptors (Lipinski definition) is 2. The van der Waals surface area contributed by atoms with Gasteiger partial charge in [-0.05, 0) is 42.2 Å². The molecule has 2 aromatic rings. The van der Waals surface area contributed by atoms with E-state index in [1.54, 1.807) is 0 Å². The number of nitrogens with two attached hydrogens (primary N) is 1. The predicted molar refractivity (Wildman–Crippen MR) is 81.7 cm³/mol. The first-order chi connectivity index (χ1) is 9.74. The van der Waals surface area contributed by atoms with E-state index in [4.69, 9.17) is 5.73 Å². The summed E-state index contributed by atoms with van der Waals surface area (Å²) < 4.78 is 0. The molecule has 0 radical (unpaired) electrons. The van der Waals surface area contributed by atoms with Crippen LogP contribution in [-0.4, -0.2) is 12.5 Å². The molecule has 3 rings (SSSR count). The third-order valence-electron chi connectivity index (χ3n) is 3.80. The van der Waals surface area contributed by atoms with Gasteiger partial charge < -0.3 is 10.6 Å². The first-order valence-electron chi connectivity index (χ1n) is 6.97. The number of carbonyl (C=O) groups is 1. The summed E-state index contributed by atoms with van der Waals surface area (Å²) in [6.45, 7) is 0.722. The van der Waals surface area contributed by atoms with Gasteiger partial charge in [0.25, 0.3) is 0 Å². The molecule has 0 bridgehead atoms. The molecule has 1 aliphatic rings. The molecule has 0 unspecified atom stereocenters. The minimum atomic E-state index is 0.221. The third kappa shape index (κ3) is 2.52. The fourth-order valence-electron chi connectivity index (χ4n) is 2.67. The molecular weight excluding hydrogens is 248 g/mol. The molecule has 0 saturated carbocycles. The zero-order valence-corrected chi connectivity index (χ0v) is 11.4. The van der Waals surface area contributed by atoms with Gasteiger partial charge in [-0.25, -0.2) is 0 Å². The van der Waals surface area contributed by atoms with Crippen molar-refractivity contribution in [3.63, 3.8) is 0 Å². The normalized spacial score (nSPS) is 14.2. The summed E-state index contributed by atoms with van der Waals surface area (Å²) in [5.41, 5.74) is 10.00.